The van der Waals surface area contributed by atoms with Crippen molar-refractivity contribution in [2.75, 3.05) is 6.54 Å². The summed E-state index contributed by atoms with van der Waals surface area (Å²) in [5, 5.41) is 0. The molecule has 0 aliphatic heterocycles. The lowest BCUT2D eigenvalue weighted by Crippen LogP contribution is -2.59. The van der Waals surface area contributed by atoms with Crippen molar-refractivity contribution in [1.29, 1.82) is 0 Å². The maximum atomic E-state index is 13.2. The van der Waals surface area contributed by atoms with E-state index in [-0.39, 0.29) is 35.2 Å². The summed E-state index contributed by atoms with van der Waals surface area (Å²) < 4.78 is 6.24. The van der Waals surface area contributed by atoms with Crippen LogP contribution >= 0.6 is 0 Å². The molecule has 0 aromatic carbocycles. The molecule has 6 nitrogen and oxygen atoms in total. The maximum Gasteiger partial charge on any atom is 0.324 e. The minimum absolute atomic E-state index is 0.0752. The summed E-state index contributed by atoms with van der Waals surface area (Å²) in [6, 6.07) is -1.02. The molecule has 4 aliphatic carbocycles. The quantitative estimate of drug-likeness (QED) is 0.562. The second-order valence-corrected chi connectivity index (χ2v) is 13.0. The van der Waals surface area contributed by atoms with Crippen LogP contribution in [0.15, 0.2) is 0 Å². The van der Waals surface area contributed by atoms with Gasteiger partial charge in [0.1, 0.15) is 17.9 Å². The summed E-state index contributed by atoms with van der Waals surface area (Å²) in [5.41, 5.74) is 10.8. The molecule has 4 N–H and O–H groups in total. The van der Waals surface area contributed by atoms with Gasteiger partial charge in [-0.15, -0.1) is 0 Å². The van der Waals surface area contributed by atoms with Gasteiger partial charge in [-0.1, -0.05) is 27.7 Å². The van der Waals surface area contributed by atoms with E-state index in [9.17, 15) is 14.4 Å². The van der Waals surface area contributed by atoms with Crippen LogP contribution in [0.4, 0.5) is 0 Å². The van der Waals surface area contributed by atoms with Crippen molar-refractivity contribution in [3.63, 3.8) is 0 Å². The monoisotopic (exact) mass is 474 g/mol. The van der Waals surface area contributed by atoms with Crippen LogP contribution in [0.5, 0.6) is 0 Å². The van der Waals surface area contributed by atoms with Crippen LogP contribution in [0.25, 0.3) is 0 Å². The van der Waals surface area contributed by atoms with Crippen molar-refractivity contribution in [2.45, 2.75) is 105 Å². The fourth-order valence-electron chi connectivity index (χ4n) is 9.09. The minimum atomic E-state index is -1.05. The van der Waals surface area contributed by atoms with Crippen LogP contribution in [0, 0.1) is 45.8 Å². The second-order valence-electron chi connectivity index (χ2n) is 13.0. The van der Waals surface area contributed by atoms with Gasteiger partial charge in [0.25, 0.3) is 0 Å². The third kappa shape index (κ3) is 3.78. The molecule has 34 heavy (non-hydrogen) atoms. The largest absolute Gasteiger partial charge is 0.461 e. The molecule has 0 aromatic rings. The van der Waals surface area contributed by atoms with E-state index < -0.39 is 17.4 Å². The maximum absolute atomic E-state index is 13.2. The Bertz CT molecular complexity index is 840. The molecule has 9 atom stereocenters. The second kappa shape index (κ2) is 8.99. The molecule has 4 rings (SSSR count). The van der Waals surface area contributed by atoms with Gasteiger partial charge < -0.3 is 16.2 Å². The average molecular weight is 475 g/mol. The van der Waals surface area contributed by atoms with Crippen molar-refractivity contribution in [3.8, 4) is 0 Å². The molecular formula is C28H46N2O4. The van der Waals surface area contributed by atoms with Gasteiger partial charge in [-0.05, 0) is 93.8 Å². The van der Waals surface area contributed by atoms with E-state index >= 15 is 0 Å². The van der Waals surface area contributed by atoms with Crippen molar-refractivity contribution in [2.24, 2.45) is 57.3 Å². The third-order valence-corrected chi connectivity index (χ3v) is 11.4. The Kier molecular flexibility index (Phi) is 6.83. The predicted octanol–water partition coefficient (Wildman–Crippen LogP) is 4.03. The van der Waals surface area contributed by atoms with Gasteiger partial charge in [0.05, 0.1) is 12.0 Å². The summed E-state index contributed by atoms with van der Waals surface area (Å²) in [5.74, 6) is 2.08. The van der Waals surface area contributed by atoms with Crippen molar-refractivity contribution >= 4 is 17.5 Å². The van der Waals surface area contributed by atoms with Crippen LogP contribution in [0.2, 0.25) is 0 Å². The highest BCUT2D eigenvalue weighted by Crippen LogP contribution is 2.67. The highest BCUT2D eigenvalue weighted by atomic mass is 16.5. The summed E-state index contributed by atoms with van der Waals surface area (Å²) in [4.78, 5) is 38.0. The molecule has 0 aromatic heterocycles. The lowest BCUT2D eigenvalue weighted by molar-refractivity contribution is -0.194. The van der Waals surface area contributed by atoms with Gasteiger partial charge >= 0.3 is 5.97 Å². The van der Waals surface area contributed by atoms with E-state index in [4.69, 9.17) is 16.2 Å². The van der Waals surface area contributed by atoms with Crippen molar-refractivity contribution in [1.82, 2.24) is 0 Å². The average Bonchev–Trinajstić information content (AvgIpc) is 3.15. The van der Waals surface area contributed by atoms with Gasteiger partial charge in [0.15, 0.2) is 5.78 Å². The normalized spacial score (nSPS) is 42.7. The zero-order valence-electron chi connectivity index (χ0n) is 21.9. The van der Waals surface area contributed by atoms with Gasteiger partial charge in [-0.25, -0.2) is 0 Å². The number of carbonyl (C=O) groups is 3. The first-order valence-corrected chi connectivity index (χ1v) is 13.6. The van der Waals surface area contributed by atoms with Gasteiger partial charge in [-0.2, -0.15) is 0 Å². The molecule has 192 valence electrons. The Hall–Kier alpha value is -1.27. The van der Waals surface area contributed by atoms with Crippen LogP contribution in [-0.4, -0.2) is 36.2 Å². The van der Waals surface area contributed by atoms with Crippen LogP contribution in [0.3, 0.4) is 0 Å². The number of esters is 1. The van der Waals surface area contributed by atoms with Crippen LogP contribution in [0.1, 0.15) is 92.4 Å². The molecule has 4 aliphatic rings. The topological polar surface area (TPSA) is 112 Å². The summed E-state index contributed by atoms with van der Waals surface area (Å²) in [6.07, 6.45) is 9.70. The first-order chi connectivity index (χ1) is 15.9. The smallest absolute Gasteiger partial charge is 0.324 e. The molecule has 0 radical (unpaired) electrons. The standard InChI is InChI=1S/C28H46N2O4/c1-16(31)19-11-12-20-18-10-9-17-7-6-8-23(28(17,5)21(18)13-14-27(19,20)4)34-25(33)24(30)26(2,3)22(32)15-29/h17-21,23-24H,6-15,29-30H2,1-5H3/t17-,18+,19-,20+,21+,23?,24-,27-,28+/m1/s1. The highest BCUT2D eigenvalue weighted by molar-refractivity contribution is 5.92. The SMILES string of the molecule is CC(=O)[C@H]1CC[C@H]2[C@@H]3CC[C@H]4CCCC(OC(=O)[C@@H](N)C(C)(C)C(=O)CN)[C@]4(C)[C@H]3CC[C@]12C. The number of ether oxygens (including phenoxy) is 1. The summed E-state index contributed by atoms with van der Waals surface area (Å²) >= 11 is 0. The molecular weight excluding hydrogens is 428 g/mol. The number of Topliss-reactive ketones (excluding diaryl/α,β-unsaturated/α-hetero) is 2. The molecule has 6 heteroatoms. The number of hydrogen-bond donors (Lipinski definition) is 2. The fourth-order valence-corrected chi connectivity index (χ4v) is 9.09. The molecule has 0 spiro atoms. The number of carbonyl (C=O) groups excluding carboxylic acids is 3. The van der Waals surface area contributed by atoms with E-state index in [2.05, 4.69) is 13.8 Å². The number of hydrogen-bond acceptors (Lipinski definition) is 6. The molecule has 4 fully saturated rings. The van der Waals surface area contributed by atoms with E-state index in [0.717, 1.165) is 38.5 Å². The fraction of sp³-hybridized carbons (Fsp3) is 0.893. The van der Waals surface area contributed by atoms with Crippen molar-refractivity contribution < 1.29 is 19.1 Å². The summed E-state index contributed by atoms with van der Waals surface area (Å²) in [7, 11) is 0. The van der Waals surface area contributed by atoms with Gasteiger partial charge in [0, 0.05) is 11.3 Å². The lowest BCUT2D eigenvalue weighted by atomic mass is 9.44. The number of rotatable bonds is 6. The van der Waals surface area contributed by atoms with E-state index in [1.807, 2.05) is 0 Å². The third-order valence-electron chi connectivity index (χ3n) is 11.4. The molecule has 4 saturated carbocycles. The van der Waals surface area contributed by atoms with E-state index in [1.165, 1.54) is 19.3 Å². The van der Waals surface area contributed by atoms with Crippen molar-refractivity contribution in [3.05, 3.63) is 0 Å². The van der Waals surface area contributed by atoms with Crippen LogP contribution < -0.4 is 11.5 Å². The number of ketones is 2. The number of fused-ring (bicyclic) bond motifs is 5. The Labute approximate surface area is 205 Å². The van der Waals surface area contributed by atoms with E-state index in [0.29, 0.717) is 29.5 Å². The predicted molar refractivity (Wildman–Crippen MR) is 132 cm³/mol. The molecule has 1 unspecified atom stereocenters. The van der Waals surface area contributed by atoms with Gasteiger partial charge in [0.2, 0.25) is 0 Å². The highest BCUT2D eigenvalue weighted by Gasteiger charge is 2.63. The lowest BCUT2D eigenvalue weighted by Gasteiger charge is -2.62. The van der Waals surface area contributed by atoms with Crippen LogP contribution in [-0.2, 0) is 19.1 Å². The zero-order valence-corrected chi connectivity index (χ0v) is 21.9. The first-order valence-electron chi connectivity index (χ1n) is 13.6. The minimum Gasteiger partial charge on any atom is -0.461 e. The molecule has 0 heterocycles. The number of nitrogens with two attached hydrogens (primary N) is 2. The van der Waals surface area contributed by atoms with E-state index in [1.54, 1.807) is 20.8 Å². The first kappa shape index (κ1) is 25.8. The Balaban J connectivity index is 1.58. The molecule has 0 bridgehead atoms. The van der Waals surface area contributed by atoms with Gasteiger partial charge in [-0.3, -0.25) is 14.4 Å². The zero-order chi connectivity index (χ0) is 25.1. The Morgan fingerprint density at radius 1 is 1.00 bits per heavy atom. The molecule has 0 amide bonds. The molecule has 0 saturated heterocycles. The Morgan fingerprint density at radius 3 is 2.35 bits per heavy atom. The summed E-state index contributed by atoms with van der Waals surface area (Å²) in [6.45, 7) is 9.75. The Morgan fingerprint density at radius 2 is 1.71 bits per heavy atom.